The second-order valence-corrected chi connectivity index (χ2v) is 8.29. The van der Waals surface area contributed by atoms with E-state index >= 15 is 0 Å². The molecule has 0 saturated carbocycles. The van der Waals surface area contributed by atoms with Crippen LogP contribution in [-0.2, 0) is 19.6 Å². The van der Waals surface area contributed by atoms with Gasteiger partial charge in [0, 0.05) is 13.7 Å². The Hall–Kier alpha value is -2.20. The van der Waals surface area contributed by atoms with Gasteiger partial charge >= 0.3 is 0 Å². The Balaban J connectivity index is 1.93. The van der Waals surface area contributed by atoms with E-state index < -0.39 is 15.9 Å². The first-order chi connectivity index (χ1) is 13.7. The summed E-state index contributed by atoms with van der Waals surface area (Å²) in [6, 6.07) is 9.40. The van der Waals surface area contributed by atoms with Crippen LogP contribution in [0.1, 0.15) is 18.5 Å². The third-order valence-corrected chi connectivity index (χ3v) is 5.67. The van der Waals surface area contributed by atoms with E-state index in [0.29, 0.717) is 0 Å². The highest BCUT2D eigenvalue weighted by Gasteiger charge is 2.16. The summed E-state index contributed by atoms with van der Waals surface area (Å²) >= 11 is 6.09. The van der Waals surface area contributed by atoms with Gasteiger partial charge in [0.1, 0.15) is 11.6 Å². The summed E-state index contributed by atoms with van der Waals surface area (Å²) in [6.07, 6.45) is 0. The quantitative estimate of drug-likeness (QED) is 0.549. The molecular formula is C19H22ClFN2O5S. The highest BCUT2D eigenvalue weighted by atomic mass is 35.5. The summed E-state index contributed by atoms with van der Waals surface area (Å²) in [5, 5.41) is 2.78. The van der Waals surface area contributed by atoms with E-state index in [-0.39, 0.29) is 47.3 Å². The van der Waals surface area contributed by atoms with Gasteiger partial charge in [0.15, 0.2) is 6.61 Å². The van der Waals surface area contributed by atoms with Crippen LogP contribution in [0.2, 0.25) is 5.02 Å². The molecule has 0 saturated heterocycles. The Bertz CT molecular complexity index is 938. The Morgan fingerprint density at radius 1 is 1.21 bits per heavy atom. The lowest BCUT2D eigenvalue weighted by Crippen LogP contribution is -2.31. The van der Waals surface area contributed by atoms with Crippen molar-refractivity contribution in [2.75, 3.05) is 26.9 Å². The number of halogens is 2. The normalized spacial score (nSPS) is 12.4. The molecule has 0 bridgehead atoms. The summed E-state index contributed by atoms with van der Waals surface area (Å²) in [5.74, 6) is -0.590. The zero-order valence-electron chi connectivity index (χ0n) is 15.9. The fourth-order valence-electron chi connectivity index (χ4n) is 2.39. The van der Waals surface area contributed by atoms with Crippen molar-refractivity contribution in [2.45, 2.75) is 17.9 Å². The van der Waals surface area contributed by atoms with Crippen molar-refractivity contribution in [3.8, 4) is 5.75 Å². The molecule has 7 nitrogen and oxygen atoms in total. The number of hydrogen-bond donors (Lipinski definition) is 2. The van der Waals surface area contributed by atoms with Crippen LogP contribution in [0.3, 0.4) is 0 Å². The van der Waals surface area contributed by atoms with Crippen LogP contribution in [0, 0.1) is 5.82 Å². The molecule has 1 amide bonds. The lowest BCUT2D eigenvalue weighted by Gasteiger charge is -2.15. The second kappa shape index (κ2) is 10.5. The van der Waals surface area contributed by atoms with Gasteiger partial charge in [-0.15, -0.1) is 0 Å². The van der Waals surface area contributed by atoms with Crippen molar-refractivity contribution in [3.63, 3.8) is 0 Å². The van der Waals surface area contributed by atoms with Gasteiger partial charge in [-0.2, -0.15) is 0 Å². The topological polar surface area (TPSA) is 93.7 Å². The van der Waals surface area contributed by atoms with Gasteiger partial charge < -0.3 is 14.8 Å². The number of ether oxygens (including phenoxy) is 2. The van der Waals surface area contributed by atoms with E-state index in [1.807, 2.05) is 0 Å². The van der Waals surface area contributed by atoms with Crippen molar-refractivity contribution in [1.82, 2.24) is 10.0 Å². The third kappa shape index (κ3) is 6.97. The van der Waals surface area contributed by atoms with Crippen LogP contribution >= 0.6 is 11.6 Å². The van der Waals surface area contributed by atoms with E-state index in [1.54, 1.807) is 19.1 Å². The first-order valence-electron chi connectivity index (χ1n) is 8.68. The number of methoxy groups -OCH3 is 1. The SMILES string of the molecule is COCCNS(=O)(=O)c1ccc(OCC(=O)N[C@@H](C)c2ccc(F)cc2)c(Cl)c1. The Morgan fingerprint density at radius 3 is 2.52 bits per heavy atom. The molecule has 0 aliphatic heterocycles. The number of carbonyl (C=O) groups is 1. The number of nitrogens with one attached hydrogen (secondary N) is 2. The maximum absolute atomic E-state index is 13.0. The number of benzene rings is 2. The minimum absolute atomic E-state index is 0.0275. The van der Waals surface area contributed by atoms with Gasteiger partial charge in [-0.05, 0) is 42.8 Å². The van der Waals surface area contributed by atoms with Crippen LogP contribution in [0.5, 0.6) is 5.75 Å². The summed E-state index contributed by atoms with van der Waals surface area (Å²) in [6.45, 7) is 1.80. The lowest BCUT2D eigenvalue weighted by molar-refractivity contribution is -0.123. The van der Waals surface area contributed by atoms with Crippen molar-refractivity contribution in [3.05, 3.63) is 58.9 Å². The van der Waals surface area contributed by atoms with E-state index in [2.05, 4.69) is 10.0 Å². The molecule has 0 aliphatic rings. The highest BCUT2D eigenvalue weighted by Crippen LogP contribution is 2.27. The van der Waals surface area contributed by atoms with Crippen molar-refractivity contribution in [2.24, 2.45) is 0 Å². The van der Waals surface area contributed by atoms with E-state index in [1.165, 1.54) is 37.4 Å². The third-order valence-electron chi connectivity index (χ3n) is 3.92. The zero-order chi connectivity index (χ0) is 21.4. The Labute approximate surface area is 174 Å². The number of sulfonamides is 1. The number of rotatable bonds is 10. The molecule has 10 heteroatoms. The second-order valence-electron chi connectivity index (χ2n) is 6.11. The molecule has 0 heterocycles. The van der Waals surface area contributed by atoms with Crippen molar-refractivity contribution >= 4 is 27.5 Å². The molecule has 2 aromatic carbocycles. The molecule has 0 aromatic heterocycles. The van der Waals surface area contributed by atoms with Gasteiger partial charge in [0.05, 0.1) is 22.6 Å². The molecule has 2 N–H and O–H groups in total. The zero-order valence-corrected chi connectivity index (χ0v) is 17.5. The molecule has 0 spiro atoms. The van der Waals surface area contributed by atoms with Crippen molar-refractivity contribution < 1.29 is 27.1 Å². The summed E-state index contributed by atoms with van der Waals surface area (Å²) in [4.78, 5) is 12.1. The predicted molar refractivity (Wildman–Crippen MR) is 107 cm³/mol. The van der Waals surface area contributed by atoms with Crippen LogP contribution in [-0.4, -0.2) is 41.2 Å². The first-order valence-corrected chi connectivity index (χ1v) is 10.5. The molecule has 29 heavy (non-hydrogen) atoms. The van der Waals surface area contributed by atoms with Crippen LogP contribution in [0.4, 0.5) is 4.39 Å². The smallest absolute Gasteiger partial charge is 0.258 e. The van der Waals surface area contributed by atoms with E-state index in [4.69, 9.17) is 21.1 Å². The Kier molecular flexibility index (Phi) is 8.39. The molecule has 0 unspecified atom stereocenters. The summed E-state index contributed by atoms with van der Waals surface area (Å²) in [5.41, 5.74) is 0.744. The first kappa shape index (κ1) is 23.1. The van der Waals surface area contributed by atoms with E-state index in [0.717, 1.165) is 5.56 Å². The minimum atomic E-state index is -3.73. The largest absolute Gasteiger partial charge is 0.482 e. The molecule has 158 valence electrons. The maximum Gasteiger partial charge on any atom is 0.258 e. The fraction of sp³-hybridized carbons (Fsp3) is 0.316. The van der Waals surface area contributed by atoms with Crippen LogP contribution < -0.4 is 14.8 Å². The van der Waals surface area contributed by atoms with Gasteiger partial charge in [-0.1, -0.05) is 23.7 Å². The van der Waals surface area contributed by atoms with Gasteiger partial charge in [0.2, 0.25) is 10.0 Å². The van der Waals surface area contributed by atoms with Crippen LogP contribution in [0.15, 0.2) is 47.4 Å². The van der Waals surface area contributed by atoms with Crippen molar-refractivity contribution in [1.29, 1.82) is 0 Å². The Morgan fingerprint density at radius 2 is 1.90 bits per heavy atom. The number of hydrogen-bond acceptors (Lipinski definition) is 5. The molecule has 0 aliphatic carbocycles. The van der Waals surface area contributed by atoms with Gasteiger partial charge in [-0.3, -0.25) is 4.79 Å². The molecule has 0 fully saturated rings. The predicted octanol–water partition coefficient (Wildman–Crippen LogP) is 2.66. The van der Waals surface area contributed by atoms with E-state index in [9.17, 15) is 17.6 Å². The lowest BCUT2D eigenvalue weighted by atomic mass is 10.1. The fourth-order valence-corrected chi connectivity index (χ4v) is 3.73. The summed E-state index contributed by atoms with van der Waals surface area (Å²) < 4.78 is 49.9. The average Bonchev–Trinajstić information content (AvgIpc) is 2.67. The molecular weight excluding hydrogens is 423 g/mol. The summed E-state index contributed by atoms with van der Waals surface area (Å²) in [7, 11) is -2.26. The van der Waals surface area contributed by atoms with Crippen LogP contribution in [0.25, 0.3) is 0 Å². The minimum Gasteiger partial charge on any atom is -0.482 e. The number of amides is 1. The van der Waals surface area contributed by atoms with Gasteiger partial charge in [-0.25, -0.2) is 17.5 Å². The molecule has 2 rings (SSSR count). The maximum atomic E-state index is 13.0. The monoisotopic (exact) mass is 444 g/mol. The molecule has 1 atom stereocenters. The van der Waals surface area contributed by atoms with Gasteiger partial charge in [0.25, 0.3) is 5.91 Å². The highest BCUT2D eigenvalue weighted by molar-refractivity contribution is 7.89. The molecule has 2 aromatic rings. The average molecular weight is 445 g/mol. The molecule has 0 radical (unpaired) electrons. The standard InChI is InChI=1S/C19H22ClFN2O5S/c1-13(14-3-5-15(21)6-4-14)23-19(24)12-28-18-8-7-16(11-17(18)20)29(25,26)22-9-10-27-2/h3-8,11,13,22H,9-10,12H2,1-2H3,(H,23,24)/t13-/m0/s1. The number of carbonyl (C=O) groups excluding carboxylic acids is 1.